The molecule has 0 radical (unpaired) electrons. The maximum atomic E-state index is 4.34. The monoisotopic (exact) mass is 610 g/mol. The predicted octanol–water partition coefficient (Wildman–Crippen LogP) is 13.9. The van der Waals surface area contributed by atoms with E-state index in [0.717, 1.165) is 27.8 Å². The zero-order valence-corrected chi connectivity index (χ0v) is 26.8. The molecule has 0 unspecified atom stereocenters. The van der Waals surface area contributed by atoms with Gasteiger partial charge in [0.15, 0.2) is 0 Å². The molecule has 0 saturated carbocycles. The lowest BCUT2D eigenvalue weighted by atomic mass is 9.82. The molecule has 0 spiro atoms. The molecular weight excluding hydrogens is 577 g/mol. The zero-order valence-electron chi connectivity index (χ0n) is 26.8. The van der Waals surface area contributed by atoms with Gasteiger partial charge in [0.25, 0.3) is 0 Å². The molecule has 0 amide bonds. The van der Waals surface area contributed by atoms with Gasteiger partial charge in [-0.2, -0.15) is 0 Å². The van der Waals surface area contributed by atoms with Gasteiger partial charge in [-0.1, -0.05) is 166 Å². The molecule has 0 nitrogen and oxygen atoms in total. The number of fused-ring (bicyclic) bond motifs is 4. The average molecular weight is 611 g/mol. The van der Waals surface area contributed by atoms with Gasteiger partial charge in [-0.15, -0.1) is 0 Å². The summed E-state index contributed by atoms with van der Waals surface area (Å²) in [5.41, 5.74) is 11.4. The summed E-state index contributed by atoms with van der Waals surface area (Å²) in [4.78, 5) is 0. The van der Waals surface area contributed by atoms with Gasteiger partial charge in [0.1, 0.15) is 0 Å². The first-order chi connectivity index (χ1) is 23.6. The minimum Gasteiger partial charge on any atom is -0.0984 e. The van der Waals surface area contributed by atoms with E-state index in [2.05, 4.69) is 160 Å². The highest BCUT2D eigenvalue weighted by atomic mass is 14.2. The van der Waals surface area contributed by atoms with Crippen molar-refractivity contribution in [3.05, 3.63) is 182 Å². The highest BCUT2D eigenvalue weighted by molar-refractivity contribution is 6.15. The zero-order chi connectivity index (χ0) is 32.8. The Kier molecular flexibility index (Phi) is 7.20. The van der Waals surface area contributed by atoms with Crippen molar-refractivity contribution >= 4 is 67.4 Å². The summed E-state index contributed by atoms with van der Waals surface area (Å²) in [5.74, 6) is 0. The van der Waals surface area contributed by atoms with E-state index in [4.69, 9.17) is 0 Å². The molecule has 0 N–H and O–H groups in total. The summed E-state index contributed by atoms with van der Waals surface area (Å²) < 4.78 is 0. The first-order valence-electron chi connectivity index (χ1n) is 16.3. The molecule has 8 aromatic carbocycles. The number of hydrogen-bond acceptors (Lipinski definition) is 0. The van der Waals surface area contributed by atoms with Crippen molar-refractivity contribution in [1.82, 2.24) is 0 Å². The molecule has 48 heavy (non-hydrogen) atoms. The summed E-state index contributed by atoms with van der Waals surface area (Å²) in [6.07, 6.45) is 7.85. The quantitative estimate of drug-likeness (QED) is 0.168. The van der Waals surface area contributed by atoms with Crippen LogP contribution in [0.25, 0.3) is 101 Å². The Hall–Kier alpha value is -6.24. The lowest BCUT2D eigenvalue weighted by Gasteiger charge is -2.21. The Labute approximate surface area is 281 Å². The van der Waals surface area contributed by atoms with Crippen LogP contribution in [0.5, 0.6) is 0 Å². The van der Waals surface area contributed by atoms with Gasteiger partial charge in [-0.25, -0.2) is 0 Å². The minimum atomic E-state index is 1.08. The molecule has 0 aromatic heterocycles. The van der Waals surface area contributed by atoms with Crippen molar-refractivity contribution < 1.29 is 0 Å². The molecular formula is C48H34. The van der Waals surface area contributed by atoms with Crippen molar-refractivity contribution in [3.8, 4) is 33.4 Å². The van der Waals surface area contributed by atoms with E-state index in [-0.39, 0.29) is 0 Å². The smallest absolute Gasteiger partial charge is 0.00204 e. The van der Waals surface area contributed by atoms with E-state index in [9.17, 15) is 0 Å². The molecule has 0 aliphatic heterocycles. The second-order valence-electron chi connectivity index (χ2n) is 12.2. The van der Waals surface area contributed by atoms with Crippen LogP contribution in [0.15, 0.2) is 160 Å². The highest BCUT2D eigenvalue weighted by Gasteiger charge is 2.20. The summed E-state index contributed by atoms with van der Waals surface area (Å²) in [6.45, 7) is 16.9. The van der Waals surface area contributed by atoms with Crippen LogP contribution in [0.4, 0.5) is 0 Å². The predicted molar refractivity (Wildman–Crippen MR) is 213 cm³/mol. The van der Waals surface area contributed by atoms with Crippen molar-refractivity contribution in [2.75, 3.05) is 0 Å². The first kappa shape index (κ1) is 29.2. The fourth-order valence-corrected chi connectivity index (χ4v) is 7.57. The van der Waals surface area contributed by atoms with Crippen LogP contribution in [-0.4, -0.2) is 0 Å². The normalized spacial score (nSPS) is 11.2. The molecule has 0 saturated heterocycles. The molecule has 0 atom stereocenters. The Morgan fingerprint density at radius 1 is 0.333 bits per heavy atom. The van der Waals surface area contributed by atoms with Gasteiger partial charge >= 0.3 is 0 Å². The van der Waals surface area contributed by atoms with Crippen LogP contribution < -0.4 is 0 Å². The Balaban J connectivity index is 1.39. The molecule has 8 aromatic rings. The molecule has 0 heteroatoms. The minimum absolute atomic E-state index is 1.08. The summed E-state index contributed by atoms with van der Waals surface area (Å²) in [7, 11) is 0. The molecule has 0 fully saturated rings. The standard InChI is InChI=1S/C48H34/c1-5-31-30-46(42-20-12-11-19-41(42)37(31)6-2)34-26-24-32-25-27-35(29-36(32)28-34)47-38(7-3)39(8-4)48(45-22-14-13-21-44(45)47)43-23-15-17-33-16-9-10-18-40(33)43/h5-30H,1-4H2. The second-order valence-corrected chi connectivity index (χ2v) is 12.2. The third kappa shape index (κ3) is 4.54. The van der Waals surface area contributed by atoms with Gasteiger partial charge in [-0.05, 0) is 117 Å². The molecule has 226 valence electrons. The van der Waals surface area contributed by atoms with Crippen molar-refractivity contribution in [2.45, 2.75) is 0 Å². The van der Waals surface area contributed by atoms with E-state index < -0.39 is 0 Å². The van der Waals surface area contributed by atoms with Crippen LogP contribution in [0.3, 0.4) is 0 Å². The maximum absolute atomic E-state index is 4.34. The third-order valence-corrected chi connectivity index (χ3v) is 9.74. The van der Waals surface area contributed by atoms with E-state index in [1.54, 1.807) is 0 Å². The van der Waals surface area contributed by atoms with Gasteiger partial charge in [0, 0.05) is 0 Å². The summed E-state index contributed by atoms with van der Waals surface area (Å²) >= 11 is 0. The second kappa shape index (κ2) is 11.8. The van der Waals surface area contributed by atoms with E-state index in [1.165, 1.54) is 70.9 Å². The Morgan fingerprint density at radius 2 is 0.896 bits per heavy atom. The lowest BCUT2D eigenvalue weighted by molar-refractivity contribution is 1.60. The van der Waals surface area contributed by atoms with Gasteiger partial charge in [0.2, 0.25) is 0 Å². The summed E-state index contributed by atoms with van der Waals surface area (Å²) in [6, 6.07) is 48.3. The van der Waals surface area contributed by atoms with Crippen molar-refractivity contribution in [3.63, 3.8) is 0 Å². The summed E-state index contributed by atoms with van der Waals surface area (Å²) in [5, 5.41) is 9.59. The van der Waals surface area contributed by atoms with Crippen LogP contribution in [0, 0.1) is 0 Å². The molecule has 0 bridgehead atoms. The average Bonchev–Trinajstić information content (AvgIpc) is 3.15. The van der Waals surface area contributed by atoms with Crippen molar-refractivity contribution in [1.29, 1.82) is 0 Å². The fourth-order valence-electron chi connectivity index (χ4n) is 7.57. The number of rotatable bonds is 7. The first-order valence-corrected chi connectivity index (χ1v) is 16.3. The number of benzene rings is 8. The maximum Gasteiger partial charge on any atom is -0.00204 e. The van der Waals surface area contributed by atoms with Crippen molar-refractivity contribution in [2.24, 2.45) is 0 Å². The van der Waals surface area contributed by atoms with Gasteiger partial charge in [0.05, 0.1) is 0 Å². The van der Waals surface area contributed by atoms with Gasteiger partial charge < -0.3 is 0 Å². The van der Waals surface area contributed by atoms with Crippen LogP contribution >= 0.6 is 0 Å². The molecule has 0 aliphatic carbocycles. The lowest BCUT2D eigenvalue weighted by Crippen LogP contribution is -1.96. The third-order valence-electron chi connectivity index (χ3n) is 9.74. The number of hydrogen-bond donors (Lipinski definition) is 0. The van der Waals surface area contributed by atoms with Crippen LogP contribution in [0.2, 0.25) is 0 Å². The molecule has 8 rings (SSSR count). The van der Waals surface area contributed by atoms with E-state index in [1.807, 2.05) is 24.3 Å². The Morgan fingerprint density at radius 3 is 1.60 bits per heavy atom. The SMILES string of the molecule is C=Cc1cc(-c2ccc3ccc(-c4c(C=C)c(C=C)c(-c5cccc6ccccc56)c5ccccc45)cc3c2)c2ccccc2c1C=C. The van der Waals surface area contributed by atoms with E-state index >= 15 is 0 Å². The van der Waals surface area contributed by atoms with Crippen LogP contribution in [-0.2, 0) is 0 Å². The van der Waals surface area contributed by atoms with E-state index in [0.29, 0.717) is 0 Å². The highest BCUT2D eigenvalue weighted by Crippen LogP contribution is 2.45. The largest absolute Gasteiger partial charge is 0.0984 e. The molecule has 0 aliphatic rings. The van der Waals surface area contributed by atoms with Gasteiger partial charge in [-0.3, -0.25) is 0 Å². The fraction of sp³-hybridized carbons (Fsp3) is 0. The van der Waals surface area contributed by atoms with Crippen LogP contribution in [0.1, 0.15) is 22.3 Å². The molecule has 0 heterocycles. The topological polar surface area (TPSA) is 0 Å². The Bertz CT molecular complexity index is 2620.